The van der Waals surface area contributed by atoms with Gasteiger partial charge in [0.15, 0.2) is 0 Å². The van der Waals surface area contributed by atoms with Gasteiger partial charge in [-0.3, -0.25) is 0 Å². The summed E-state index contributed by atoms with van der Waals surface area (Å²) in [6, 6.07) is 0. The zero-order valence-corrected chi connectivity index (χ0v) is 68.2. The quantitative estimate of drug-likeness (QED) is 0.0254. The lowest BCUT2D eigenvalue weighted by molar-refractivity contribution is 0.125. The summed E-state index contributed by atoms with van der Waals surface area (Å²) < 4.78 is 0. The Kier molecular flexibility index (Phi) is 85.7. The first-order chi connectivity index (χ1) is 45.6. The SMILES string of the molecule is S[CH]CCC(CCCCCCCCCCCCCCCCCCCCS)C(CCCCCCCCCCCCCCCCCCCCS)(CCCCCCCCCCCCCCCCCCCCS)[C](S)CCCCCCCCCCCCCCCCCCCCS. The highest BCUT2D eigenvalue weighted by atomic mass is 32.1. The molecule has 0 aromatic heterocycles. The van der Waals surface area contributed by atoms with Crippen LogP contribution in [0.15, 0.2) is 0 Å². The molecule has 2 radical (unpaired) electrons. The molecule has 92 heavy (non-hydrogen) atoms. The summed E-state index contributed by atoms with van der Waals surface area (Å²) in [5.41, 5.74) is 0.288. The first-order valence-corrected chi connectivity index (χ1v) is 46.6. The molecule has 0 amide bonds. The molecule has 0 aliphatic rings. The van der Waals surface area contributed by atoms with Crippen molar-refractivity contribution in [3.63, 3.8) is 0 Å². The van der Waals surface area contributed by atoms with Crippen LogP contribution in [0.4, 0.5) is 0 Å². The average molecular weight is 1400 g/mol. The molecule has 0 bridgehead atoms. The summed E-state index contributed by atoms with van der Waals surface area (Å²) >= 11 is 28.1. The third-order valence-electron chi connectivity index (χ3n) is 21.8. The van der Waals surface area contributed by atoms with E-state index in [0.717, 1.165) is 35.4 Å². The Morgan fingerprint density at radius 2 is 0.370 bits per heavy atom. The van der Waals surface area contributed by atoms with E-state index in [1.807, 2.05) is 0 Å². The van der Waals surface area contributed by atoms with Crippen LogP contribution in [-0.4, -0.2) is 23.0 Å². The van der Waals surface area contributed by atoms with Crippen molar-refractivity contribution in [3.05, 3.63) is 11.0 Å². The lowest BCUT2D eigenvalue weighted by Gasteiger charge is -2.46. The minimum Gasteiger partial charge on any atom is -0.179 e. The molecule has 0 saturated carbocycles. The highest BCUT2D eigenvalue weighted by Gasteiger charge is 2.42. The van der Waals surface area contributed by atoms with Crippen molar-refractivity contribution in [3.8, 4) is 0 Å². The molecule has 1 unspecified atom stereocenters. The second kappa shape index (κ2) is 83.8. The van der Waals surface area contributed by atoms with Crippen LogP contribution in [0.3, 0.4) is 0 Å². The number of thiol groups is 6. The topological polar surface area (TPSA) is 0 Å². The molecule has 0 aliphatic carbocycles. The van der Waals surface area contributed by atoms with Gasteiger partial charge in [-0.25, -0.2) is 0 Å². The van der Waals surface area contributed by atoms with Gasteiger partial charge in [0, 0.05) is 11.0 Å². The molecule has 0 aromatic carbocycles. The van der Waals surface area contributed by atoms with E-state index in [9.17, 15) is 0 Å². The number of unbranched alkanes of at least 4 members (excludes halogenated alkanes) is 68. The summed E-state index contributed by atoms with van der Waals surface area (Å²) in [4.78, 5) is 0. The fraction of sp³-hybridized carbons (Fsp3) is 0.977. The first-order valence-electron chi connectivity index (χ1n) is 43.1. The molecule has 0 aromatic rings. The van der Waals surface area contributed by atoms with Crippen LogP contribution < -0.4 is 0 Å². The molecular formula is C86H172S6. The minimum atomic E-state index is 0.288. The summed E-state index contributed by atoms with van der Waals surface area (Å²) in [6.07, 6.45) is 111. The van der Waals surface area contributed by atoms with E-state index < -0.39 is 0 Å². The predicted octanol–water partition coefficient (Wildman–Crippen LogP) is 33.3. The molecule has 1 atom stereocenters. The molecule has 0 spiro atoms. The van der Waals surface area contributed by atoms with E-state index in [-0.39, 0.29) is 5.41 Å². The van der Waals surface area contributed by atoms with Gasteiger partial charge < -0.3 is 0 Å². The van der Waals surface area contributed by atoms with E-state index in [4.69, 9.17) is 25.3 Å². The van der Waals surface area contributed by atoms with E-state index in [1.54, 1.807) is 5.25 Å². The summed E-state index contributed by atoms with van der Waals surface area (Å²) in [6.45, 7) is 0. The monoisotopic (exact) mass is 1400 g/mol. The van der Waals surface area contributed by atoms with Crippen molar-refractivity contribution in [2.75, 3.05) is 23.0 Å². The van der Waals surface area contributed by atoms with Gasteiger partial charge >= 0.3 is 0 Å². The normalized spacial score (nSPS) is 12.4. The molecular weight excluding hydrogens is 1230 g/mol. The summed E-state index contributed by atoms with van der Waals surface area (Å²) in [7, 11) is 0. The smallest absolute Gasteiger partial charge is 0.0338 e. The fourth-order valence-electron chi connectivity index (χ4n) is 15.6. The Morgan fingerprint density at radius 3 is 0.554 bits per heavy atom. The van der Waals surface area contributed by atoms with Gasteiger partial charge in [0.05, 0.1) is 0 Å². The Hall–Kier alpha value is 2.10. The van der Waals surface area contributed by atoms with E-state index in [0.29, 0.717) is 0 Å². The van der Waals surface area contributed by atoms with Gasteiger partial charge in [-0.15, -0.1) is 0 Å². The molecule has 0 nitrogen and oxygen atoms in total. The molecule has 0 saturated heterocycles. The van der Waals surface area contributed by atoms with Gasteiger partial charge in [-0.2, -0.15) is 75.8 Å². The number of rotatable bonds is 85. The maximum Gasteiger partial charge on any atom is 0.0338 e. The summed E-state index contributed by atoms with van der Waals surface area (Å²) in [5, 5.41) is 1.64. The van der Waals surface area contributed by atoms with Crippen LogP contribution in [0.5, 0.6) is 0 Å². The molecule has 0 rings (SSSR count). The maximum atomic E-state index is 5.84. The molecule has 0 heterocycles. The van der Waals surface area contributed by atoms with Crippen LogP contribution >= 0.6 is 75.8 Å². The maximum absolute atomic E-state index is 5.84. The Morgan fingerprint density at radius 1 is 0.207 bits per heavy atom. The molecule has 6 heteroatoms. The van der Waals surface area contributed by atoms with Crippen molar-refractivity contribution >= 4 is 75.8 Å². The number of hydrogen-bond donors (Lipinski definition) is 6. The van der Waals surface area contributed by atoms with Gasteiger partial charge in [-0.1, -0.05) is 437 Å². The first kappa shape index (κ1) is 94.1. The largest absolute Gasteiger partial charge is 0.179 e. The molecule has 552 valence electrons. The third kappa shape index (κ3) is 70.5. The van der Waals surface area contributed by atoms with Gasteiger partial charge in [0.2, 0.25) is 0 Å². The van der Waals surface area contributed by atoms with E-state index in [1.165, 1.54) is 494 Å². The van der Waals surface area contributed by atoms with Gasteiger partial charge in [-0.05, 0) is 98.6 Å². The third-order valence-corrected chi connectivity index (χ3v) is 24.0. The van der Waals surface area contributed by atoms with Crippen LogP contribution in [-0.2, 0) is 0 Å². The van der Waals surface area contributed by atoms with Crippen LogP contribution in [0.1, 0.15) is 501 Å². The highest BCUT2D eigenvalue weighted by Crippen LogP contribution is 2.54. The fourth-order valence-corrected chi connectivity index (χ4v) is 17.2. The lowest BCUT2D eigenvalue weighted by Crippen LogP contribution is -2.36. The average Bonchev–Trinajstić information content (AvgIpc) is 1.49. The van der Waals surface area contributed by atoms with Crippen LogP contribution in [0.25, 0.3) is 0 Å². The number of hydrogen-bond acceptors (Lipinski definition) is 6. The Labute approximate surface area is 617 Å². The van der Waals surface area contributed by atoms with Gasteiger partial charge in [0.25, 0.3) is 0 Å². The minimum absolute atomic E-state index is 0.288. The van der Waals surface area contributed by atoms with Crippen molar-refractivity contribution in [1.29, 1.82) is 0 Å². The highest BCUT2D eigenvalue weighted by molar-refractivity contribution is 7.83. The van der Waals surface area contributed by atoms with Crippen molar-refractivity contribution in [1.82, 2.24) is 0 Å². The van der Waals surface area contributed by atoms with E-state index >= 15 is 0 Å². The standard InChI is InChI=1S/C86H172S6/c87-79-69-61-53-45-37-29-21-13-5-1-9-17-25-33-41-49-57-65-74-84(75-73-83-91)86(77-67-59-51-43-35-27-19-11-3-7-15-23-31-39-47-55-63-71-81-89,78-68-60-52-44-36-28-20-12-4-8-16-24-32-40-48-56-64-72-82-90)85(92)76-66-58-50-42-34-26-18-10-2-6-14-22-30-38-46-54-62-70-80-88/h83-84,87-92H,1-82H2. The second-order valence-corrected chi connectivity index (χ2v) is 33.1. The zero-order valence-electron chi connectivity index (χ0n) is 62.8. The van der Waals surface area contributed by atoms with Crippen molar-refractivity contribution < 1.29 is 0 Å². The molecule has 0 aliphatic heterocycles. The lowest BCUT2D eigenvalue weighted by atomic mass is 9.62. The Balaban J connectivity index is 5.48. The van der Waals surface area contributed by atoms with Crippen molar-refractivity contribution in [2.24, 2.45) is 11.3 Å². The predicted molar refractivity (Wildman–Crippen MR) is 447 cm³/mol. The van der Waals surface area contributed by atoms with Crippen LogP contribution in [0, 0.1) is 22.3 Å². The van der Waals surface area contributed by atoms with Gasteiger partial charge in [0.1, 0.15) is 0 Å². The Bertz CT molecular complexity index is 1240. The molecule has 0 N–H and O–H groups in total. The van der Waals surface area contributed by atoms with E-state index in [2.05, 4.69) is 56.3 Å². The van der Waals surface area contributed by atoms with Crippen LogP contribution in [0.2, 0.25) is 0 Å². The second-order valence-electron chi connectivity index (χ2n) is 30.4. The summed E-state index contributed by atoms with van der Waals surface area (Å²) in [5.74, 6) is 7.21. The molecule has 0 fully saturated rings. The van der Waals surface area contributed by atoms with Crippen molar-refractivity contribution in [2.45, 2.75) is 501 Å². The zero-order chi connectivity index (χ0) is 66.3.